The first-order valence-corrected chi connectivity index (χ1v) is 7.96. The van der Waals surface area contributed by atoms with Gasteiger partial charge in [-0.1, -0.05) is 6.07 Å². The molecule has 0 aliphatic rings. The van der Waals surface area contributed by atoms with E-state index in [0.29, 0.717) is 30.2 Å². The van der Waals surface area contributed by atoms with Crippen molar-refractivity contribution in [3.05, 3.63) is 54.1 Å². The molecule has 0 spiro atoms. The maximum Gasteiger partial charge on any atom is 0.341 e. The lowest BCUT2D eigenvalue weighted by molar-refractivity contribution is -0.139. The molecule has 7 heteroatoms. The quantitative estimate of drug-likeness (QED) is 0.739. The Balaban J connectivity index is 1.86. The largest absolute Gasteiger partial charge is 0.497 e. The molecule has 7 nitrogen and oxygen atoms in total. The number of nitrogens with zero attached hydrogens (tertiary/aromatic N) is 1. The molecule has 26 heavy (non-hydrogen) atoms. The Morgan fingerprint density at radius 3 is 2.35 bits per heavy atom. The van der Waals surface area contributed by atoms with Gasteiger partial charge in [-0.05, 0) is 42.5 Å². The first kappa shape index (κ1) is 19.1. The number of carbonyl (C=O) groups excluding carboxylic acids is 1. The number of benzene rings is 2. The van der Waals surface area contributed by atoms with Crippen LogP contribution in [-0.2, 0) is 4.79 Å². The Labute approximate surface area is 151 Å². The van der Waals surface area contributed by atoms with Crippen LogP contribution < -0.4 is 14.2 Å². The highest BCUT2D eigenvalue weighted by atomic mass is 16.5. The Morgan fingerprint density at radius 1 is 1.00 bits per heavy atom. The minimum atomic E-state index is -1.07. The van der Waals surface area contributed by atoms with E-state index in [9.17, 15) is 9.59 Å². The molecule has 0 unspecified atom stereocenters. The lowest BCUT2D eigenvalue weighted by Gasteiger charge is -2.18. The molecule has 2 aromatic rings. The number of hydrogen-bond donors (Lipinski definition) is 1. The van der Waals surface area contributed by atoms with Gasteiger partial charge in [0.2, 0.25) is 0 Å². The van der Waals surface area contributed by atoms with Crippen molar-refractivity contribution < 1.29 is 28.9 Å². The Morgan fingerprint density at radius 2 is 1.69 bits per heavy atom. The predicted octanol–water partition coefficient (Wildman–Crippen LogP) is 2.31. The third-order valence-corrected chi connectivity index (χ3v) is 3.54. The summed E-state index contributed by atoms with van der Waals surface area (Å²) in [5.41, 5.74) is 0.417. The highest BCUT2D eigenvalue weighted by molar-refractivity contribution is 5.94. The number of rotatable bonds is 9. The number of methoxy groups -OCH3 is 1. The van der Waals surface area contributed by atoms with E-state index in [1.54, 1.807) is 56.6 Å². The van der Waals surface area contributed by atoms with Gasteiger partial charge in [0.1, 0.15) is 23.9 Å². The van der Waals surface area contributed by atoms with Gasteiger partial charge in [-0.15, -0.1) is 0 Å². The van der Waals surface area contributed by atoms with Crippen molar-refractivity contribution in [3.63, 3.8) is 0 Å². The molecule has 0 bridgehead atoms. The zero-order valence-electron chi connectivity index (χ0n) is 14.7. The van der Waals surface area contributed by atoms with E-state index in [4.69, 9.17) is 19.3 Å². The molecule has 0 saturated carbocycles. The number of carboxylic acids is 1. The van der Waals surface area contributed by atoms with Crippen molar-refractivity contribution in [3.8, 4) is 17.2 Å². The molecule has 1 N–H and O–H groups in total. The Kier molecular flexibility index (Phi) is 6.84. The van der Waals surface area contributed by atoms with E-state index >= 15 is 0 Å². The zero-order valence-corrected chi connectivity index (χ0v) is 14.7. The van der Waals surface area contributed by atoms with Gasteiger partial charge in [0.15, 0.2) is 6.61 Å². The third-order valence-electron chi connectivity index (χ3n) is 3.54. The fourth-order valence-electron chi connectivity index (χ4n) is 2.16. The molecule has 0 heterocycles. The van der Waals surface area contributed by atoms with Crippen LogP contribution in [0, 0.1) is 0 Å². The summed E-state index contributed by atoms with van der Waals surface area (Å²) in [4.78, 5) is 24.5. The predicted molar refractivity (Wildman–Crippen MR) is 95.0 cm³/mol. The average molecular weight is 359 g/mol. The number of carboxylic acid groups (broad SMARTS) is 1. The first-order valence-electron chi connectivity index (χ1n) is 7.96. The lowest BCUT2D eigenvalue weighted by Crippen LogP contribution is -2.30. The summed E-state index contributed by atoms with van der Waals surface area (Å²) in [6.07, 6.45) is 0. The van der Waals surface area contributed by atoms with Gasteiger partial charge in [-0.3, -0.25) is 4.79 Å². The summed E-state index contributed by atoms with van der Waals surface area (Å²) < 4.78 is 15.8. The molecule has 2 aromatic carbocycles. The van der Waals surface area contributed by atoms with Crippen molar-refractivity contribution in [2.24, 2.45) is 0 Å². The summed E-state index contributed by atoms with van der Waals surface area (Å²) in [6.45, 7) is 0.276. The van der Waals surface area contributed by atoms with E-state index in [1.807, 2.05) is 0 Å². The van der Waals surface area contributed by atoms with E-state index in [-0.39, 0.29) is 5.91 Å². The summed E-state index contributed by atoms with van der Waals surface area (Å²) in [7, 11) is 3.27. The number of hydrogen-bond acceptors (Lipinski definition) is 5. The maximum absolute atomic E-state index is 12.4. The summed E-state index contributed by atoms with van der Waals surface area (Å²) >= 11 is 0. The average Bonchev–Trinajstić information content (AvgIpc) is 2.66. The molecule has 1 amide bonds. The second kappa shape index (κ2) is 9.31. The second-order valence-electron chi connectivity index (χ2n) is 5.46. The van der Waals surface area contributed by atoms with E-state index in [0.717, 1.165) is 5.75 Å². The fraction of sp³-hybridized carbons (Fsp3) is 0.263. The molecule has 0 fully saturated rings. The van der Waals surface area contributed by atoms with Gasteiger partial charge in [0.05, 0.1) is 13.7 Å². The maximum atomic E-state index is 12.4. The van der Waals surface area contributed by atoms with E-state index in [1.165, 1.54) is 11.0 Å². The molecule has 0 aliphatic heterocycles. The molecule has 0 radical (unpaired) electrons. The van der Waals surface area contributed by atoms with Crippen LogP contribution >= 0.6 is 0 Å². The minimum Gasteiger partial charge on any atom is -0.497 e. The number of aliphatic carboxylic acids is 1. The molecule has 0 aliphatic carbocycles. The van der Waals surface area contributed by atoms with Crippen LogP contribution in [0.25, 0.3) is 0 Å². The lowest BCUT2D eigenvalue weighted by atomic mass is 10.2. The zero-order chi connectivity index (χ0) is 18.9. The first-order chi connectivity index (χ1) is 12.5. The monoisotopic (exact) mass is 359 g/mol. The minimum absolute atomic E-state index is 0.205. The second-order valence-corrected chi connectivity index (χ2v) is 5.46. The highest BCUT2D eigenvalue weighted by Crippen LogP contribution is 2.17. The SMILES string of the molecule is COc1ccc(OCCN(C)C(=O)c2cccc(OCC(=O)O)c2)cc1. The van der Waals surface area contributed by atoms with Crippen LogP contribution in [-0.4, -0.2) is 55.8 Å². The summed E-state index contributed by atoms with van der Waals surface area (Å²) in [5.74, 6) is 0.491. The Bertz CT molecular complexity index is 744. The number of ether oxygens (including phenoxy) is 3. The smallest absolute Gasteiger partial charge is 0.341 e. The normalized spacial score (nSPS) is 10.1. The van der Waals surface area contributed by atoms with Crippen molar-refractivity contribution in [2.45, 2.75) is 0 Å². The number of carbonyl (C=O) groups is 2. The standard InChI is InChI=1S/C19H21NO6/c1-20(10-11-25-16-8-6-15(24-2)7-9-16)19(23)14-4-3-5-17(12-14)26-13-18(21)22/h3-9,12H,10-11,13H2,1-2H3,(H,21,22). The van der Waals surface area contributed by atoms with Gasteiger partial charge >= 0.3 is 5.97 Å². The molecule has 2 rings (SSSR count). The van der Waals surface area contributed by atoms with Gasteiger partial charge in [0.25, 0.3) is 5.91 Å². The van der Waals surface area contributed by atoms with Gasteiger partial charge < -0.3 is 24.2 Å². The topological polar surface area (TPSA) is 85.3 Å². The third kappa shape index (κ3) is 5.70. The van der Waals surface area contributed by atoms with Crippen LogP contribution in [0.4, 0.5) is 0 Å². The molecule has 138 valence electrons. The molecular formula is C19H21NO6. The van der Waals surface area contributed by atoms with Crippen LogP contribution in [0.3, 0.4) is 0 Å². The van der Waals surface area contributed by atoms with Crippen molar-refractivity contribution in [1.82, 2.24) is 4.90 Å². The van der Waals surface area contributed by atoms with Gasteiger partial charge in [-0.25, -0.2) is 4.79 Å². The van der Waals surface area contributed by atoms with E-state index in [2.05, 4.69) is 0 Å². The van der Waals surface area contributed by atoms with Crippen molar-refractivity contribution >= 4 is 11.9 Å². The molecule has 0 aromatic heterocycles. The van der Waals surface area contributed by atoms with Gasteiger partial charge in [-0.2, -0.15) is 0 Å². The van der Waals surface area contributed by atoms with Gasteiger partial charge in [0, 0.05) is 12.6 Å². The summed E-state index contributed by atoms with van der Waals surface area (Å²) in [6, 6.07) is 13.6. The van der Waals surface area contributed by atoms with Crippen molar-refractivity contribution in [1.29, 1.82) is 0 Å². The van der Waals surface area contributed by atoms with Crippen LogP contribution in [0.2, 0.25) is 0 Å². The van der Waals surface area contributed by atoms with Crippen LogP contribution in [0.1, 0.15) is 10.4 Å². The van der Waals surface area contributed by atoms with Crippen molar-refractivity contribution in [2.75, 3.05) is 33.9 Å². The number of amides is 1. The van der Waals surface area contributed by atoms with Crippen LogP contribution in [0.15, 0.2) is 48.5 Å². The van der Waals surface area contributed by atoms with E-state index < -0.39 is 12.6 Å². The molecular weight excluding hydrogens is 338 g/mol. The highest BCUT2D eigenvalue weighted by Gasteiger charge is 2.13. The Hall–Kier alpha value is -3.22. The summed E-state index contributed by atoms with van der Waals surface area (Å²) in [5, 5.41) is 8.64. The molecule has 0 saturated heterocycles. The fourth-order valence-corrected chi connectivity index (χ4v) is 2.16. The molecule has 0 atom stereocenters. The number of likely N-dealkylation sites (N-methyl/N-ethyl adjacent to an activating group) is 1. The van der Waals surface area contributed by atoms with Crippen LogP contribution in [0.5, 0.6) is 17.2 Å².